The molecule has 0 spiro atoms. The summed E-state index contributed by atoms with van der Waals surface area (Å²) in [5.74, 6) is 0.229. The molecule has 1 saturated heterocycles. The minimum atomic E-state index is -0.228. The van der Waals surface area contributed by atoms with Crippen molar-refractivity contribution in [2.24, 2.45) is 5.92 Å². The largest absolute Gasteiger partial charge is 0.466 e. The van der Waals surface area contributed by atoms with E-state index in [9.17, 15) is 9.59 Å². The van der Waals surface area contributed by atoms with Crippen LogP contribution in [0.15, 0.2) is 52.1 Å². The zero-order valence-electron chi connectivity index (χ0n) is 17.8. The molecular formula is C24H26N2O4S. The molecule has 1 aromatic heterocycles. The van der Waals surface area contributed by atoms with Gasteiger partial charge >= 0.3 is 5.97 Å². The Labute approximate surface area is 186 Å². The number of aryl methyl sites for hydroxylation is 1. The minimum Gasteiger partial charge on any atom is -0.466 e. The molecule has 0 aliphatic carbocycles. The van der Waals surface area contributed by atoms with E-state index in [0.717, 1.165) is 35.1 Å². The van der Waals surface area contributed by atoms with Crippen molar-refractivity contribution in [3.05, 3.63) is 59.2 Å². The summed E-state index contributed by atoms with van der Waals surface area (Å²) >= 11 is 1.53. The zero-order chi connectivity index (χ0) is 21.8. The average molecular weight is 439 g/mol. The van der Waals surface area contributed by atoms with E-state index in [1.807, 2.05) is 49.4 Å². The van der Waals surface area contributed by atoms with Crippen molar-refractivity contribution < 1.29 is 18.7 Å². The van der Waals surface area contributed by atoms with Crippen LogP contribution in [-0.2, 0) is 15.3 Å². The maximum atomic E-state index is 12.9. The van der Waals surface area contributed by atoms with E-state index >= 15 is 0 Å². The quantitative estimate of drug-likeness (QED) is 0.405. The smallest absolute Gasteiger partial charge is 0.310 e. The molecule has 1 aliphatic rings. The second-order valence-corrected chi connectivity index (χ2v) is 8.71. The van der Waals surface area contributed by atoms with Crippen molar-refractivity contribution in [2.75, 3.05) is 19.7 Å². The lowest BCUT2D eigenvalue weighted by atomic mass is 9.97. The third kappa shape index (κ3) is 5.10. The van der Waals surface area contributed by atoms with Gasteiger partial charge < -0.3 is 14.1 Å². The van der Waals surface area contributed by atoms with Gasteiger partial charge in [-0.05, 0) is 62.1 Å². The van der Waals surface area contributed by atoms with Gasteiger partial charge in [0.05, 0.1) is 12.5 Å². The molecule has 0 bridgehead atoms. The highest BCUT2D eigenvalue weighted by atomic mass is 32.2. The molecule has 6 nitrogen and oxygen atoms in total. The molecule has 162 valence electrons. The Morgan fingerprint density at radius 3 is 2.81 bits per heavy atom. The Kier molecular flexibility index (Phi) is 6.61. The Hall–Kier alpha value is -2.80. The fourth-order valence-corrected chi connectivity index (χ4v) is 4.56. The molecule has 2 heterocycles. The number of piperidine rings is 1. The molecule has 0 saturated carbocycles. The molecule has 7 heteroatoms. The maximum Gasteiger partial charge on any atom is 0.310 e. The fourth-order valence-electron chi connectivity index (χ4n) is 3.76. The number of hydrogen-bond donors (Lipinski definition) is 0. The van der Waals surface area contributed by atoms with Gasteiger partial charge in [0.2, 0.25) is 0 Å². The number of thioether (sulfide) groups is 1. The van der Waals surface area contributed by atoms with Crippen molar-refractivity contribution >= 4 is 34.7 Å². The highest BCUT2D eigenvalue weighted by Gasteiger charge is 2.29. The normalized spacial score (nSPS) is 16.5. The van der Waals surface area contributed by atoms with Gasteiger partial charge in [-0.1, -0.05) is 30.0 Å². The molecule has 1 fully saturated rings. The third-order valence-electron chi connectivity index (χ3n) is 5.42. The molecule has 31 heavy (non-hydrogen) atoms. The number of hydrogen-bond acceptors (Lipinski definition) is 6. The second-order valence-electron chi connectivity index (χ2n) is 7.78. The number of oxazole rings is 1. The summed E-state index contributed by atoms with van der Waals surface area (Å²) in [6, 6.07) is 13.6. The van der Waals surface area contributed by atoms with Crippen molar-refractivity contribution in [2.45, 2.75) is 37.7 Å². The Balaban J connectivity index is 1.35. The van der Waals surface area contributed by atoms with Crippen LogP contribution in [0.25, 0.3) is 11.1 Å². The Morgan fingerprint density at radius 1 is 1.23 bits per heavy atom. The summed E-state index contributed by atoms with van der Waals surface area (Å²) in [6.07, 6.45) is 1.59. The molecule has 2 aromatic carbocycles. The summed E-state index contributed by atoms with van der Waals surface area (Å²) in [5.41, 5.74) is 4.53. The van der Waals surface area contributed by atoms with Crippen molar-refractivity contribution in [3.8, 4) is 0 Å². The van der Waals surface area contributed by atoms with Crippen LogP contribution in [0.2, 0.25) is 0 Å². The summed E-state index contributed by atoms with van der Waals surface area (Å²) in [5, 5.41) is 0.638. The zero-order valence-corrected chi connectivity index (χ0v) is 18.6. The van der Waals surface area contributed by atoms with Crippen LogP contribution in [0.3, 0.4) is 0 Å². The van der Waals surface area contributed by atoms with Crippen LogP contribution in [0.5, 0.6) is 0 Å². The van der Waals surface area contributed by atoms with Gasteiger partial charge in [0.15, 0.2) is 5.58 Å². The second kappa shape index (κ2) is 9.56. The van der Waals surface area contributed by atoms with Crippen LogP contribution >= 0.6 is 11.8 Å². The van der Waals surface area contributed by atoms with E-state index in [-0.39, 0.29) is 17.8 Å². The molecule has 3 aromatic rings. The van der Waals surface area contributed by atoms with E-state index in [4.69, 9.17) is 9.15 Å². The van der Waals surface area contributed by atoms with Gasteiger partial charge in [0, 0.05) is 24.4 Å². The molecule has 1 unspecified atom stereocenters. The SMILES string of the molecule is CCOC(=O)C1CCCN(C(=O)c2ccc(CSc3nc4cc(C)ccc4o3)cc2)C1. The first kappa shape index (κ1) is 21.4. The van der Waals surface area contributed by atoms with Gasteiger partial charge in [0.1, 0.15) is 5.52 Å². The van der Waals surface area contributed by atoms with Crippen LogP contribution in [0, 0.1) is 12.8 Å². The Morgan fingerprint density at radius 2 is 2.03 bits per heavy atom. The number of carbonyl (C=O) groups excluding carboxylic acids is 2. The monoisotopic (exact) mass is 438 g/mol. The fraction of sp³-hybridized carbons (Fsp3) is 0.375. The van der Waals surface area contributed by atoms with E-state index in [2.05, 4.69) is 4.98 Å². The van der Waals surface area contributed by atoms with Gasteiger partial charge in [-0.3, -0.25) is 9.59 Å². The number of aromatic nitrogens is 1. The number of likely N-dealkylation sites (tertiary alicyclic amines) is 1. The van der Waals surface area contributed by atoms with Crippen LogP contribution in [-0.4, -0.2) is 41.5 Å². The summed E-state index contributed by atoms with van der Waals surface area (Å²) in [7, 11) is 0. The summed E-state index contributed by atoms with van der Waals surface area (Å²) in [6.45, 7) is 5.29. The number of fused-ring (bicyclic) bond motifs is 1. The van der Waals surface area contributed by atoms with Crippen LogP contribution < -0.4 is 0 Å². The molecule has 1 atom stereocenters. The highest BCUT2D eigenvalue weighted by Crippen LogP contribution is 2.27. The lowest BCUT2D eigenvalue weighted by Crippen LogP contribution is -2.42. The predicted molar refractivity (Wildman–Crippen MR) is 120 cm³/mol. The van der Waals surface area contributed by atoms with Crippen molar-refractivity contribution in [1.29, 1.82) is 0 Å². The van der Waals surface area contributed by atoms with Crippen molar-refractivity contribution in [3.63, 3.8) is 0 Å². The number of carbonyl (C=O) groups is 2. The van der Waals surface area contributed by atoms with Crippen LogP contribution in [0.1, 0.15) is 41.3 Å². The number of amides is 1. The van der Waals surface area contributed by atoms with Gasteiger partial charge in [-0.2, -0.15) is 0 Å². The predicted octanol–water partition coefficient (Wildman–Crippen LogP) is 4.84. The van der Waals surface area contributed by atoms with Gasteiger partial charge in [-0.25, -0.2) is 4.98 Å². The first-order chi connectivity index (χ1) is 15.0. The highest BCUT2D eigenvalue weighted by molar-refractivity contribution is 7.98. The molecule has 4 rings (SSSR count). The van der Waals surface area contributed by atoms with E-state index in [1.54, 1.807) is 11.8 Å². The van der Waals surface area contributed by atoms with E-state index in [0.29, 0.717) is 36.2 Å². The van der Waals surface area contributed by atoms with E-state index in [1.165, 1.54) is 11.8 Å². The number of ether oxygens (including phenoxy) is 1. The first-order valence-corrected chi connectivity index (χ1v) is 11.6. The summed E-state index contributed by atoms with van der Waals surface area (Å²) in [4.78, 5) is 31.2. The lowest BCUT2D eigenvalue weighted by molar-refractivity contribution is -0.149. The third-order valence-corrected chi connectivity index (χ3v) is 6.31. The number of rotatable bonds is 6. The topological polar surface area (TPSA) is 72.6 Å². The minimum absolute atomic E-state index is 0.0393. The first-order valence-electron chi connectivity index (χ1n) is 10.6. The van der Waals surface area contributed by atoms with Gasteiger partial charge in [-0.15, -0.1) is 0 Å². The standard InChI is InChI=1S/C24H26N2O4S/c1-3-29-23(28)19-5-4-12-26(14-19)22(27)18-9-7-17(8-10-18)15-31-24-25-20-13-16(2)6-11-21(20)30-24/h6-11,13,19H,3-5,12,14-15H2,1-2H3. The molecule has 0 N–H and O–H groups in total. The molecule has 1 aliphatic heterocycles. The van der Waals surface area contributed by atoms with Crippen LogP contribution in [0.4, 0.5) is 0 Å². The molecule has 0 radical (unpaired) electrons. The maximum absolute atomic E-state index is 12.9. The molecular weight excluding hydrogens is 412 g/mol. The van der Waals surface area contributed by atoms with Crippen molar-refractivity contribution in [1.82, 2.24) is 9.88 Å². The number of esters is 1. The lowest BCUT2D eigenvalue weighted by Gasteiger charge is -2.31. The molecule has 1 amide bonds. The number of nitrogens with zero attached hydrogens (tertiary/aromatic N) is 2. The summed E-state index contributed by atoms with van der Waals surface area (Å²) < 4.78 is 10.9. The number of benzene rings is 2. The average Bonchev–Trinajstić information content (AvgIpc) is 3.20. The van der Waals surface area contributed by atoms with E-state index < -0.39 is 0 Å². The Bertz CT molecular complexity index is 1080. The van der Waals surface area contributed by atoms with Gasteiger partial charge in [0.25, 0.3) is 11.1 Å².